The van der Waals surface area contributed by atoms with Crippen LogP contribution >= 0.6 is 0 Å². The first-order valence-electron chi connectivity index (χ1n) is 6.74. The molecule has 2 aromatic carbocycles. The number of nitrogens with zero attached hydrogens (tertiary/aromatic N) is 1. The molecule has 0 aliphatic heterocycles. The summed E-state index contributed by atoms with van der Waals surface area (Å²) < 4.78 is 12.7. The molecular weight excluding hydrogens is 317 g/mol. The molecule has 0 bridgehead atoms. The van der Waals surface area contributed by atoms with Crippen LogP contribution in [0.4, 0.5) is 10.1 Å². The maximum atomic E-state index is 12.7. The summed E-state index contributed by atoms with van der Waals surface area (Å²) in [6.07, 6.45) is 2.62. The lowest BCUT2D eigenvalue weighted by Crippen LogP contribution is -2.40. The predicted molar refractivity (Wildman–Crippen MR) is 84.1 cm³/mol. The number of hydrogen-bond acceptors (Lipinski definition) is 4. The molecule has 8 heteroatoms. The van der Waals surface area contributed by atoms with E-state index in [-0.39, 0.29) is 17.1 Å². The van der Waals surface area contributed by atoms with Gasteiger partial charge in [0.1, 0.15) is 5.82 Å². The van der Waals surface area contributed by atoms with Crippen molar-refractivity contribution in [3.05, 3.63) is 81.7 Å². The van der Waals surface area contributed by atoms with E-state index in [9.17, 15) is 24.1 Å². The highest BCUT2D eigenvalue weighted by atomic mass is 19.1. The highest BCUT2D eigenvalue weighted by molar-refractivity contribution is 5.98. The maximum Gasteiger partial charge on any atom is 0.269 e. The van der Waals surface area contributed by atoms with Crippen molar-refractivity contribution in [2.24, 2.45) is 0 Å². The van der Waals surface area contributed by atoms with Gasteiger partial charge in [0.2, 0.25) is 0 Å². The zero-order valence-corrected chi connectivity index (χ0v) is 12.2. The number of hydrogen-bond donors (Lipinski definition) is 2. The van der Waals surface area contributed by atoms with Crippen LogP contribution in [0.2, 0.25) is 0 Å². The molecule has 0 unspecified atom stereocenters. The Morgan fingerprint density at radius 1 is 1.00 bits per heavy atom. The summed E-state index contributed by atoms with van der Waals surface area (Å²) in [5, 5.41) is 10.5. The van der Waals surface area contributed by atoms with Crippen LogP contribution in [0.25, 0.3) is 6.08 Å². The highest BCUT2D eigenvalue weighted by Crippen LogP contribution is 2.11. The number of rotatable bonds is 4. The second kappa shape index (κ2) is 7.63. The fourth-order valence-electron chi connectivity index (χ4n) is 1.71. The summed E-state index contributed by atoms with van der Waals surface area (Å²) in [5.74, 6) is -1.59. The molecule has 0 heterocycles. The van der Waals surface area contributed by atoms with Crippen LogP contribution in [-0.4, -0.2) is 16.7 Å². The minimum Gasteiger partial charge on any atom is -0.268 e. The van der Waals surface area contributed by atoms with Crippen LogP contribution in [0.3, 0.4) is 0 Å². The van der Waals surface area contributed by atoms with Gasteiger partial charge in [-0.25, -0.2) is 4.39 Å². The molecule has 7 nitrogen and oxygen atoms in total. The van der Waals surface area contributed by atoms with Gasteiger partial charge in [-0.1, -0.05) is 12.1 Å². The Labute approximate surface area is 135 Å². The third kappa shape index (κ3) is 4.73. The number of non-ortho nitro benzene ring substituents is 1. The average Bonchev–Trinajstić information content (AvgIpc) is 2.59. The van der Waals surface area contributed by atoms with Gasteiger partial charge in [0.05, 0.1) is 4.92 Å². The van der Waals surface area contributed by atoms with Crippen LogP contribution in [0.1, 0.15) is 15.9 Å². The van der Waals surface area contributed by atoms with E-state index in [1.165, 1.54) is 60.7 Å². The molecular formula is C16H12FN3O4. The van der Waals surface area contributed by atoms with Gasteiger partial charge < -0.3 is 0 Å². The van der Waals surface area contributed by atoms with Crippen molar-refractivity contribution in [3.63, 3.8) is 0 Å². The van der Waals surface area contributed by atoms with Crippen molar-refractivity contribution in [2.45, 2.75) is 0 Å². The van der Waals surface area contributed by atoms with Crippen molar-refractivity contribution in [2.75, 3.05) is 0 Å². The molecule has 2 N–H and O–H groups in total. The van der Waals surface area contributed by atoms with Crippen LogP contribution in [-0.2, 0) is 4.79 Å². The standard InChI is InChI=1S/C16H12FN3O4/c17-13-6-1-11(2-7-13)3-10-15(21)18-19-16(22)12-4-8-14(9-5-12)20(23)24/h1-10H,(H,18,21)(H,19,22)/b10-3+. The first-order valence-corrected chi connectivity index (χ1v) is 6.74. The van der Waals surface area contributed by atoms with E-state index in [1.807, 2.05) is 0 Å². The minimum atomic E-state index is -0.617. The first kappa shape index (κ1) is 16.8. The predicted octanol–water partition coefficient (Wildman–Crippen LogP) is 2.21. The summed E-state index contributed by atoms with van der Waals surface area (Å²) >= 11 is 0. The molecule has 0 aliphatic rings. The second-order valence-corrected chi connectivity index (χ2v) is 4.63. The molecule has 0 aliphatic carbocycles. The van der Waals surface area contributed by atoms with Crippen molar-refractivity contribution in [3.8, 4) is 0 Å². The van der Waals surface area contributed by atoms with Crippen LogP contribution in [0.5, 0.6) is 0 Å². The monoisotopic (exact) mass is 329 g/mol. The Morgan fingerprint density at radius 3 is 2.21 bits per heavy atom. The van der Waals surface area contributed by atoms with E-state index in [2.05, 4.69) is 10.9 Å². The van der Waals surface area contributed by atoms with Crippen LogP contribution < -0.4 is 10.9 Å². The third-order valence-electron chi connectivity index (χ3n) is 2.94. The molecule has 0 aromatic heterocycles. The Balaban J connectivity index is 1.87. The fraction of sp³-hybridized carbons (Fsp3) is 0. The second-order valence-electron chi connectivity index (χ2n) is 4.63. The Bertz CT molecular complexity index is 786. The quantitative estimate of drug-likeness (QED) is 0.510. The average molecular weight is 329 g/mol. The van der Waals surface area contributed by atoms with Gasteiger partial charge in [0.15, 0.2) is 0 Å². The van der Waals surface area contributed by atoms with Crippen molar-refractivity contribution >= 4 is 23.6 Å². The number of hydrazine groups is 1. The molecule has 2 rings (SSSR count). The SMILES string of the molecule is O=C(/C=C/c1ccc(F)cc1)NNC(=O)c1ccc([N+](=O)[O-])cc1. The summed E-state index contributed by atoms with van der Waals surface area (Å²) in [6, 6.07) is 10.4. The van der Waals surface area contributed by atoms with Gasteiger partial charge in [0, 0.05) is 23.8 Å². The lowest BCUT2D eigenvalue weighted by Gasteiger charge is -2.05. The smallest absolute Gasteiger partial charge is 0.268 e. The summed E-state index contributed by atoms with van der Waals surface area (Å²) in [4.78, 5) is 33.3. The van der Waals surface area contributed by atoms with Gasteiger partial charge in [-0.3, -0.25) is 30.6 Å². The fourth-order valence-corrected chi connectivity index (χ4v) is 1.71. The highest BCUT2D eigenvalue weighted by Gasteiger charge is 2.09. The van der Waals surface area contributed by atoms with Gasteiger partial charge in [-0.05, 0) is 35.9 Å². The topological polar surface area (TPSA) is 101 Å². The molecule has 2 aromatic rings. The molecule has 24 heavy (non-hydrogen) atoms. The summed E-state index contributed by atoms with van der Waals surface area (Å²) in [7, 11) is 0. The molecule has 0 fully saturated rings. The Hall–Kier alpha value is -3.55. The first-order chi connectivity index (χ1) is 11.5. The number of benzene rings is 2. The molecule has 0 radical (unpaired) electrons. The zero-order valence-electron chi connectivity index (χ0n) is 12.2. The maximum absolute atomic E-state index is 12.7. The normalized spacial score (nSPS) is 10.4. The Morgan fingerprint density at radius 2 is 1.62 bits per heavy atom. The van der Waals surface area contributed by atoms with E-state index in [4.69, 9.17) is 0 Å². The van der Waals surface area contributed by atoms with Gasteiger partial charge in [-0.2, -0.15) is 0 Å². The molecule has 2 amide bonds. The van der Waals surface area contributed by atoms with E-state index >= 15 is 0 Å². The number of nitro groups is 1. The van der Waals surface area contributed by atoms with Crippen LogP contribution in [0.15, 0.2) is 54.6 Å². The number of halogens is 1. The number of carbonyl (C=O) groups is 2. The zero-order chi connectivity index (χ0) is 17.5. The number of amides is 2. The van der Waals surface area contributed by atoms with Gasteiger partial charge in [0.25, 0.3) is 17.5 Å². The van der Waals surface area contributed by atoms with Gasteiger partial charge >= 0.3 is 0 Å². The number of carbonyl (C=O) groups excluding carboxylic acids is 2. The molecule has 0 spiro atoms. The van der Waals surface area contributed by atoms with Crippen molar-refractivity contribution in [1.29, 1.82) is 0 Å². The lowest BCUT2D eigenvalue weighted by atomic mass is 10.2. The van der Waals surface area contributed by atoms with E-state index in [0.717, 1.165) is 0 Å². The molecule has 122 valence electrons. The van der Waals surface area contributed by atoms with Crippen molar-refractivity contribution < 1.29 is 18.9 Å². The summed E-state index contributed by atoms with van der Waals surface area (Å²) in [5.41, 5.74) is 4.97. The molecule has 0 saturated carbocycles. The number of nitro benzene ring substituents is 1. The van der Waals surface area contributed by atoms with E-state index < -0.39 is 16.7 Å². The third-order valence-corrected chi connectivity index (χ3v) is 2.94. The van der Waals surface area contributed by atoms with Crippen LogP contribution in [0, 0.1) is 15.9 Å². The van der Waals surface area contributed by atoms with Crippen molar-refractivity contribution in [1.82, 2.24) is 10.9 Å². The molecule has 0 atom stereocenters. The Kier molecular flexibility index (Phi) is 5.35. The minimum absolute atomic E-state index is 0.141. The lowest BCUT2D eigenvalue weighted by molar-refractivity contribution is -0.384. The van der Waals surface area contributed by atoms with Gasteiger partial charge in [-0.15, -0.1) is 0 Å². The van der Waals surface area contributed by atoms with E-state index in [1.54, 1.807) is 0 Å². The largest absolute Gasteiger partial charge is 0.269 e. The number of nitrogens with one attached hydrogen (secondary N) is 2. The summed E-state index contributed by atoms with van der Waals surface area (Å²) in [6.45, 7) is 0. The van der Waals surface area contributed by atoms with E-state index in [0.29, 0.717) is 5.56 Å². The molecule has 0 saturated heterocycles.